The van der Waals surface area contributed by atoms with Gasteiger partial charge in [-0.2, -0.15) is 0 Å². The van der Waals surface area contributed by atoms with Gasteiger partial charge in [0, 0.05) is 13.6 Å². The molecule has 0 bridgehead atoms. The molecule has 4 nitrogen and oxygen atoms in total. The topological polar surface area (TPSA) is 58.2 Å². The zero-order valence-corrected chi connectivity index (χ0v) is 10.8. The van der Waals surface area contributed by atoms with E-state index in [0.717, 1.165) is 6.42 Å². The third-order valence-electron chi connectivity index (χ3n) is 4.81. The van der Waals surface area contributed by atoms with Gasteiger partial charge in [0.05, 0.1) is 11.8 Å². The van der Waals surface area contributed by atoms with E-state index in [4.69, 9.17) is 0 Å². The molecule has 1 aliphatic heterocycles. The monoisotopic (exact) mass is 238 g/mol. The lowest BCUT2D eigenvalue weighted by Gasteiger charge is -2.26. The standard InChI is InChI=1S/C13H22N2O2/c1-7-4-5-9(8(7)2)11-10(12(16)14-3)6-15-13(11)17/h7-11H,4-6H2,1-3H3,(H,14,16)(H,15,17)/t7-,8-,9+,10?,11?/m1/s1. The van der Waals surface area contributed by atoms with Gasteiger partial charge in [0.25, 0.3) is 0 Å². The zero-order chi connectivity index (χ0) is 12.6. The maximum Gasteiger partial charge on any atom is 0.225 e. The molecule has 2 rings (SSSR count). The molecule has 0 radical (unpaired) electrons. The summed E-state index contributed by atoms with van der Waals surface area (Å²) in [5, 5.41) is 5.52. The van der Waals surface area contributed by atoms with Crippen LogP contribution in [0.2, 0.25) is 0 Å². The van der Waals surface area contributed by atoms with Gasteiger partial charge in [-0.25, -0.2) is 0 Å². The van der Waals surface area contributed by atoms with E-state index in [-0.39, 0.29) is 23.7 Å². The molecule has 2 unspecified atom stereocenters. The predicted octanol–water partition coefficient (Wildman–Crippen LogP) is 0.777. The maximum absolute atomic E-state index is 12.0. The smallest absolute Gasteiger partial charge is 0.225 e. The van der Waals surface area contributed by atoms with Crippen molar-refractivity contribution in [3.63, 3.8) is 0 Å². The summed E-state index contributed by atoms with van der Waals surface area (Å²) in [6.07, 6.45) is 2.25. The Morgan fingerprint density at radius 2 is 2.06 bits per heavy atom. The molecule has 2 amide bonds. The second-order valence-corrected chi connectivity index (χ2v) is 5.57. The van der Waals surface area contributed by atoms with Gasteiger partial charge in [-0.05, 0) is 24.2 Å². The van der Waals surface area contributed by atoms with Gasteiger partial charge >= 0.3 is 0 Å². The highest BCUT2D eigenvalue weighted by atomic mass is 16.2. The van der Waals surface area contributed by atoms with E-state index in [2.05, 4.69) is 24.5 Å². The Bertz CT molecular complexity index is 329. The van der Waals surface area contributed by atoms with Gasteiger partial charge in [-0.3, -0.25) is 9.59 Å². The van der Waals surface area contributed by atoms with Crippen LogP contribution in [0.4, 0.5) is 0 Å². The molecule has 1 saturated heterocycles. The molecular weight excluding hydrogens is 216 g/mol. The molecule has 0 spiro atoms. The Labute approximate surface area is 103 Å². The summed E-state index contributed by atoms with van der Waals surface area (Å²) in [6.45, 7) is 4.96. The SMILES string of the molecule is CNC(=O)C1CNC(=O)C1[C@H]1CC[C@@H](C)[C@H]1C. The Morgan fingerprint density at radius 1 is 1.35 bits per heavy atom. The van der Waals surface area contributed by atoms with Gasteiger partial charge < -0.3 is 10.6 Å². The summed E-state index contributed by atoms with van der Waals surface area (Å²) in [6, 6.07) is 0. The van der Waals surface area contributed by atoms with Gasteiger partial charge in [0.15, 0.2) is 0 Å². The van der Waals surface area contributed by atoms with Crippen molar-refractivity contribution in [1.82, 2.24) is 10.6 Å². The normalized spacial score (nSPS) is 41.4. The van der Waals surface area contributed by atoms with E-state index >= 15 is 0 Å². The highest BCUT2D eigenvalue weighted by Crippen LogP contribution is 2.44. The summed E-state index contributed by atoms with van der Waals surface area (Å²) >= 11 is 0. The Hall–Kier alpha value is -1.06. The molecular formula is C13H22N2O2. The molecule has 0 aromatic heterocycles. The fourth-order valence-corrected chi connectivity index (χ4v) is 3.48. The summed E-state index contributed by atoms with van der Waals surface area (Å²) in [5.74, 6) is 1.36. The second-order valence-electron chi connectivity index (χ2n) is 5.57. The number of rotatable bonds is 2. The Morgan fingerprint density at radius 3 is 2.59 bits per heavy atom. The summed E-state index contributed by atoms with van der Waals surface area (Å²) in [7, 11) is 1.64. The van der Waals surface area contributed by atoms with Crippen molar-refractivity contribution in [3.8, 4) is 0 Å². The first-order chi connectivity index (χ1) is 8.06. The van der Waals surface area contributed by atoms with Crippen LogP contribution in [0, 0.1) is 29.6 Å². The third kappa shape index (κ3) is 2.05. The number of amides is 2. The largest absolute Gasteiger partial charge is 0.359 e. The van der Waals surface area contributed by atoms with Gasteiger partial charge in [0.1, 0.15) is 0 Å². The first kappa shape index (κ1) is 12.4. The van der Waals surface area contributed by atoms with E-state index in [1.54, 1.807) is 7.05 Å². The Balaban J connectivity index is 2.16. The minimum absolute atomic E-state index is 0.0000954. The number of hydrogen-bond acceptors (Lipinski definition) is 2. The van der Waals surface area contributed by atoms with Crippen molar-refractivity contribution in [2.45, 2.75) is 26.7 Å². The highest BCUT2D eigenvalue weighted by molar-refractivity contribution is 5.91. The average molecular weight is 238 g/mol. The second kappa shape index (κ2) is 4.67. The van der Waals surface area contributed by atoms with E-state index in [1.165, 1.54) is 6.42 Å². The number of nitrogens with one attached hydrogen (secondary N) is 2. The Kier molecular flexibility index (Phi) is 3.40. The highest BCUT2D eigenvalue weighted by Gasteiger charge is 2.47. The number of carbonyl (C=O) groups excluding carboxylic acids is 2. The first-order valence-corrected chi connectivity index (χ1v) is 6.55. The average Bonchev–Trinajstić information content (AvgIpc) is 2.84. The molecule has 96 valence electrons. The molecule has 0 aromatic rings. The molecule has 5 atom stereocenters. The lowest BCUT2D eigenvalue weighted by molar-refractivity contribution is -0.131. The summed E-state index contributed by atoms with van der Waals surface area (Å²) < 4.78 is 0. The van der Waals surface area contributed by atoms with Crippen molar-refractivity contribution in [2.75, 3.05) is 13.6 Å². The molecule has 2 fully saturated rings. The lowest BCUT2D eigenvalue weighted by Crippen LogP contribution is -2.37. The van der Waals surface area contributed by atoms with Crippen molar-refractivity contribution in [1.29, 1.82) is 0 Å². The van der Waals surface area contributed by atoms with Crippen molar-refractivity contribution >= 4 is 11.8 Å². The molecule has 2 aliphatic rings. The minimum atomic E-state index is -0.176. The van der Waals surface area contributed by atoms with Crippen molar-refractivity contribution in [2.24, 2.45) is 29.6 Å². The van der Waals surface area contributed by atoms with Crippen LogP contribution in [0.25, 0.3) is 0 Å². The van der Waals surface area contributed by atoms with Crippen LogP contribution in [0.5, 0.6) is 0 Å². The van der Waals surface area contributed by atoms with Gasteiger partial charge in [-0.15, -0.1) is 0 Å². The minimum Gasteiger partial charge on any atom is -0.359 e. The third-order valence-corrected chi connectivity index (χ3v) is 4.81. The lowest BCUT2D eigenvalue weighted by atomic mass is 9.76. The molecule has 2 N–H and O–H groups in total. The van der Waals surface area contributed by atoms with Crippen LogP contribution >= 0.6 is 0 Å². The van der Waals surface area contributed by atoms with Gasteiger partial charge in [-0.1, -0.05) is 20.3 Å². The maximum atomic E-state index is 12.0. The predicted molar refractivity (Wildman–Crippen MR) is 65.1 cm³/mol. The van der Waals surface area contributed by atoms with Crippen LogP contribution in [0.15, 0.2) is 0 Å². The molecule has 1 heterocycles. The fraction of sp³-hybridized carbons (Fsp3) is 0.846. The fourth-order valence-electron chi connectivity index (χ4n) is 3.48. The van der Waals surface area contributed by atoms with E-state index < -0.39 is 0 Å². The molecule has 0 aromatic carbocycles. The van der Waals surface area contributed by atoms with Crippen LogP contribution in [0.3, 0.4) is 0 Å². The molecule has 1 aliphatic carbocycles. The summed E-state index contributed by atoms with van der Waals surface area (Å²) in [4.78, 5) is 23.8. The first-order valence-electron chi connectivity index (χ1n) is 6.55. The van der Waals surface area contributed by atoms with Crippen molar-refractivity contribution < 1.29 is 9.59 Å². The molecule has 1 saturated carbocycles. The van der Waals surface area contributed by atoms with Gasteiger partial charge in [0.2, 0.25) is 11.8 Å². The van der Waals surface area contributed by atoms with E-state index in [9.17, 15) is 9.59 Å². The number of carbonyl (C=O) groups is 2. The van der Waals surface area contributed by atoms with Crippen LogP contribution in [-0.2, 0) is 9.59 Å². The summed E-state index contributed by atoms with van der Waals surface area (Å²) in [5.41, 5.74) is 0. The molecule has 17 heavy (non-hydrogen) atoms. The van der Waals surface area contributed by atoms with Crippen LogP contribution < -0.4 is 10.6 Å². The van der Waals surface area contributed by atoms with E-state index in [0.29, 0.717) is 24.3 Å². The van der Waals surface area contributed by atoms with Crippen LogP contribution in [0.1, 0.15) is 26.7 Å². The zero-order valence-electron chi connectivity index (χ0n) is 10.8. The quantitative estimate of drug-likeness (QED) is 0.747. The van der Waals surface area contributed by atoms with E-state index in [1.807, 2.05) is 0 Å². The van der Waals surface area contributed by atoms with Crippen molar-refractivity contribution in [3.05, 3.63) is 0 Å². The molecule has 4 heteroatoms. The van der Waals surface area contributed by atoms with Crippen LogP contribution in [-0.4, -0.2) is 25.4 Å². The number of hydrogen-bond donors (Lipinski definition) is 2.